The minimum Gasteiger partial charge on any atom is -0.307 e. The molecule has 4 rings (SSSR count). The third kappa shape index (κ3) is 3.75. The standard InChI is InChI=1S/C22H19N3O5S/c1-23(18-7-3-2-4-8-18)31(29,30)20-9-5-6-17(14-20)22(26)24-13-12-16-10-11-19(25(27)28)15-21(16)24/h2-11,14-15H,12-13H2,1H3. The number of rotatable bonds is 5. The van der Waals surface area contributed by atoms with Crippen LogP contribution >= 0.6 is 0 Å². The SMILES string of the molecule is CN(c1ccccc1)S(=O)(=O)c1cccc(C(=O)N2CCc3ccc([N+](=O)[O-])cc32)c1. The molecule has 1 heterocycles. The van der Waals surface area contributed by atoms with E-state index in [1.807, 2.05) is 0 Å². The van der Waals surface area contributed by atoms with Gasteiger partial charge in [-0.1, -0.05) is 30.3 Å². The number of anilines is 2. The Labute approximate surface area is 179 Å². The quantitative estimate of drug-likeness (QED) is 0.448. The number of nitro benzene ring substituents is 1. The van der Waals surface area contributed by atoms with Crippen LogP contribution in [0.15, 0.2) is 77.7 Å². The number of carbonyl (C=O) groups excluding carboxylic acids is 1. The lowest BCUT2D eigenvalue weighted by atomic mass is 10.1. The van der Waals surface area contributed by atoms with Gasteiger partial charge in [0.05, 0.1) is 21.2 Å². The summed E-state index contributed by atoms with van der Waals surface area (Å²) in [6, 6.07) is 18.9. The predicted octanol–water partition coefficient (Wildman–Crippen LogP) is 3.62. The van der Waals surface area contributed by atoms with E-state index in [2.05, 4.69) is 0 Å². The van der Waals surface area contributed by atoms with Crippen molar-refractivity contribution in [2.75, 3.05) is 22.8 Å². The van der Waals surface area contributed by atoms with E-state index in [0.29, 0.717) is 24.3 Å². The monoisotopic (exact) mass is 437 g/mol. The highest BCUT2D eigenvalue weighted by atomic mass is 32.2. The van der Waals surface area contributed by atoms with Gasteiger partial charge in [-0.15, -0.1) is 0 Å². The number of non-ortho nitro benzene ring substituents is 1. The topological polar surface area (TPSA) is 101 Å². The van der Waals surface area contributed by atoms with Crippen LogP contribution in [0.25, 0.3) is 0 Å². The lowest BCUT2D eigenvalue weighted by molar-refractivity contribution is -0.384. The summed E-state index contributed by atoms with van der Waals surface area (Å²) in [7, 11) is -2.42. The van der Waals surface area contributed by atoms with Crippen LogP contribution in [0.2, 0.25) is 0 Å². The molecule has 1 amide bonds. The number of hydrogen-bond acceptors (Lipinski definition) is 5. The average Bonchev–Trinajstić information content (AvgIpc) is 3.22. The fraction of sp³-hybridized carbons (Fsp3) is 0.136. The van der Waals surface area contributed by atoms with E-state index in [9.17, 15) is 23.3 Å². The molecule has 9 heteroatoms. The number of hydrogen-bond donors (Lipinski definition) is 0. The van der Waals surface area contributed by atoms with Gasteiger partial charge < -0.3 is 4.90 Å². The lowest BCUT2D eigenvalue weighted by Crippen LogP contribution is -2.30. The van der Waals surface area contributed by atoms with E-state index in [0.717, 1.165) is 9.87 Å². The van der Waals surface area contributed by atoms with Gasteiger partial charge in [-0.2, -0.15) is 0 Å². The Morgan fingerprint density at radius 2 is 1.77 bits per heavy atom. The Kier molecular flexibility index (Phi) is 5.20. The molecule has 1 aliphatic rings. The molecule has 0 saturated carbocycles. The van der Waals surface area contributed by atoms with Crippen LogP contribution in [0.5, 0.6) is 0 Å². The zero-order valence-corrected chi connectivity index (χ0v) is 17.5. The second kappa shape index (κ2) is 7.84. The minimum absolute atomic E-state index is 0.0110. The molecular weight excluding hydrogens is 418 g/mol. The number of nitrogens with zero attached hydrogens (tertiary/aromatic N) is 3. The first-order chi connectivity index (χ1) is 14.8. The molecule has 0 bridgehead atoms. The van der Waals surface area contributed by atoms with Gasteiger partial charge in [0.25, 0.3) is 21.6 Å². The summed E-state index contributed by atoms with van der Waals surface area (Å²) >= 11 is 0. The van der Waals surface area contributed by atoms with Crippen LogP contribution in [-0.4, -0.2) is 32.8 Å². The van der Waals surface area contributed by atoms with Crippen LogP contribution in [-0.2, 0) is 16.4 Å². The van der Waals surface area contributed by atoms with E-state index in [4.69, 9.17) is 0 Å². The largest absolute Gasteiger partial charge is 0.307 e. The fourth-order valence-electron chi connectivity index (χ4n) is 3.57. The maximum absolute atomic E-state index is 13.2. The summed E-state index contributed by atoms with van der Waals surface area (Å²) < 4.78 is 27.3. The highest BCUT2D eigenvalue weighted by molar-refractivity contribution is 7.92. The molecule has 3 aromatic rings. The van der Waals surface area contributed by atoms with Gasteiger partial charge in [0.15, 0.2) is 0 Å². The molecule has 0 spiro atoms. The van der Waals surface area contributed by atoms with E-state index in [-0.39, 0.29) is 16.1 Å². The second-order valence-electron chi connectivity index (χ2n) is 7.11. The normalized spacial score (nSPS) is 13.0. The number of sulfonamides is 1. The highest BCUT2D eigenvalue weighted by Crippen LogP contribution is 2.33. The molecular formula is C22H19N3O5S. The van der Waals surface area contributed by atoms with Crippen molar-refractivity contribution < 1.29 is 18.1 Å². The number of carbonyl (C=O) groups is 1. The van der Waals surface area contributed by atoms with E-state index >= 15 is 0 Å². The third-order valence-electron chi connectivity index (χ3n) is 5.28. The minimum atomic E-state index is -3.88. The first-order valence-electron chi connectivity index (χ1n) is 9.52. The summed E-state index contributed by atoms with van der Waals surface area (Å²) in [5.74, 6) is -0.404. The highest BCUT2D eigenvalue weighted by Gasteiger charge is 2.29. The second-order valence-corrected chi connectivity index (χ2v) is 9.08. The van der Waals surface area contributed by atoms with Crippen LogP contribution in [0.1, 0.15) is 15.9 Å². The maximum atomic E-state index is 13.2. The predicted molar refractivity (Wildman–Crippen MR) is 117 cm³/mol. The van der Waals surface area contributed by atoms with Gasteiger partial charge in [0.2, 0.25) is 0 Å². The summed E-state index contributed by atoms with van der Waals surface area (Å²) in [4.78, 5) is 25.2. The Bertz CT molecular complexity index is 1280. The third-order valence-corrected chi connectivity index (χ3v) is 7.06. The van der Waals surface area contributed by atoms with Crippen molar-refractivity contribution in [1.29, 1.82) is 0 Å². The molecule has 158 valence electrons. The first-order valence-corrected chi connectivity index (χ1v) is 11.0. The number of para-hydroxylation sites is 1. The fourth-order valence-corrected chi connectivity index (χ4v) is 4.81. The molecule has 8 nitrogen and oxygen atoms in total. The first kappa shape index (κ1) is 20.5. The van der Waals surface area contributed by atoms with Gasteiger partial charge in [0, 0.05) is 31.3 Å². The van der Waals surface area contributed by atoms with Gasteiger partial charge in [0.1, 0.15) is 0 Å². The van der Waals surface area contributed by atoms with E-state index in [1.165, 1.54) is 42.3 Å². The Morgan fingerprint density at radius 1 is 1.03 bits per heavy atom. The van der Waals surface area contributed by atoms with Crippen molar-refractivity contribution in [3.8, 4) is 0 Å². The lowest BCUT2D eigenvalue weighted by Gasteiger charge is -2.21. The van der Waals surface area contributed by atoms with Crippen LogP contribution in [0.4, 0.5) is 17.1 Å². The van der Waals surface area contributed by atoms with Crippen molar-refractivity contribution >= 4 is 33.0 Å². The van der Waals surface area contributed by atoms with Crippen LogP contribution in [0, 0.1) is 10.1 Å². The molecule has 0 aliphatic carbocycles. The molecule has 0 saturated heterocycles. The van der Waals surface area contributed by atoms with Gasteiger partial charge >= 0.3 is 0 Å². The van der Waals surface area contributed by atoms with Crippen molar-refractivity contribution in [3.05, 3.63) is 94.0 Å². The maximum Gasteiger partial charge on any atom is 0.271 e. The molecule has 0 aromatic heterocycles. The molecule has 3 aromatic carbocycles. The van der Waals surface area contributed by atoms with E-state index in [1.54, 1.807) is 42.5 Å². The zero-order valence-electron chi connectivity index (χ0n) is 16.6. The number of benzene rings is 3. The number of amides is 1. The van der Waals surface area contributed by atoms with Crippen molar-refractivity contribution in [2.24, 2.45) is 0 Å². The van der Waals surface area contributed by atoms with Gasteiger partial charge in [-0.25, -0.2) is 8.42 Å². The summed E-state index contributed by atoms with van der Waals surface area (Å²) in [5, 5.41) is 11.1. The van der Waals surface area contributed by atoms with Crippen molar-refractivity contribution in [3.63, 3.8) is 0 Å². The van der Waals surface area contributed by atoms with Crippen molar-refractivity contribution in [1.82, 2.24) is 0 Å². The summed E-state index contributed by atoms with van der Waals surface area (Å²) in [5.41, 5.74) is 1.92. The van der Waals surface area contributed by atoms with Crippen molar-refractivity contribution in [2.45, 2.75) is 11.3 Å². The Balaban J connectivity index is 1.66. The zero-order chi connectivity index (χ0) is 22.2. The summed E-state index contributed by atoms with van der Waals surface area (Å²) in [6.07, 6.45) is 0.577. The number of fused-ring (bicyclic) bond motifs is 1. The average molecular weight is 437 g/mol. The molecule has 1 aliphatic heterocycles. The molecule has 0 atom stereocenters. The Morgan fingerprint density at radius 3 is 2.48 bits per heavy atom. The molecule has 31 heavy (non-hydrogen) atoms. The number of nitro groups is 1. The smallest absolute Gasteiger partial charge is 0.271 e. The van der Waals surface area contributed by atoms with E-state index < -0.39 is 20.9 Å². The van der Waals surface area contributed by atoms with Crippen LogP contribution in [0.3, 0.4) is 0 Å². The summed E-state index contributed by atoms with van der Waals surface area (Å²) in [6.45, 7) is 0.371. The van der Waals surface area contributed by atoms with Crippen LogP contribution < -0.4 is 9.21 Å². The molecule has 0 radical (unpaired) electrons. The Hall–Kier alpha value is -3.72. The molecule has 0 fully saturated rings. The molecule has 0 unspecified atom stereocenters. The van der Waals surface area contributed by atoms with Gasteiger partial charge in [-0.3, -0.25) is 19.2 Å². The van der Waals surface area contributed by atoms with Gasteiger partial charge in [-0.05, 0) is 42.3 Å². The molecule has 0 N–H and O–H groups in total.